The number of hydrogen-bond acceptors (Lipinski definition) is 4. The molecule has 0 saturated carbocycles. The van der Waals surface area contributed by atoms with Gasteiger partial charge in [-0.1, -0.05) is 12.1 Å². The summed E-state index contributed by atoms with van der Waals surface area (Å²) in [5.74, 6) is -0.789. The minimum atomic E-state index is -0.479. The second kappa shape index (κ2) is 7.13. The number of hydrogen-bond donors (Lipinski definition) is 1. The molecule has 0 spiro atoms. The molecule has 0 radical (unpaired) electrons. The van der Waals surface area contributed by atoms with E-state index in [1.165, 1.54) is 24.3 Å². The van der Waals surface area contributed by atoms with Crippen LogP contribution in [0.3, 0.4) is 0 Å². The summed E-state index contributed by atoms with van der Waals surface area (Å²) >= 11 is 1.42. The first-order chi connectivity index (χ1) is 11.6. The van der Waals surface area contributed by atoms with Gasteiger partial charge in [-0.3, -0.25) is 9.59 Å². The third kappa shape index (κ3) is 3.48. The van der Waals surface area contributed by atoms with Gasteiger partial charge in [-0.15, -0.1) is 11.3 Å². The maximum Gasteiger partial charge on any atom is 0.261 e. The number of rotatable bonds is 4. The van der Waals surface area contributed by atoms with Crippen molar-refractivity contribution in [3.05, 3.63) is 52.0 Å². The van der Waals surface area contributed by atoms with Crippen LogP contribution < -0.4 is 10.2 Å². The molecule has 24 heavy (non-hydrogen) atoms. The minimum Gasteiger partial charge on any atom is -0.371 e. The van der Waals surface area contributed by atoms with E-state index in [0.717, 1.165) is 12.8 Å². The normalized spacial score (nSPS) is 15.3. The van der Waals surface area contributed by atoms with Crippen molar-refractivity contribution in [1.29, 1.82) is 0 Å². The molecule has 1 N–H and O–H groups in total. The number of carbonyl (C=O) groups is 2. The van der Waals surface area contributed by atoms with E-state index in [0.29, 0.717) is 23.7 Å². The van der Waals surface area contributed by atoms with Crippen LogP contribution in [0.2, 0.25) is 0 Å². The summed E-state index contributed by atoms with van der Waals surface area (Å²) in [6.07, 6.45) is 1.54. The van der Waals surface area contributed by atoms with Gasteiger partial charge in [-0.25, -0.2) is 4.39 Å². The van der Waals surface area contributed by atoms with Gasteiger partial charge in [0.15, 0.2) is 5.78 Å². The number of ketones is 1. The highest BCUT2D eigenvalue weighted by Gasteiger charge is 2.24. The molecular formula is C18H19FN2O2S. The fraction of sp³-hybridized carbons (Fsp3) is 0.333. The lowest BCUT2D eigenvalue weighted by molar-refractivity contribution is 0.0934. The average molecular weight is 346 g/mol. The molecule has 3 rings (SSSR count). The van der Waals surface area contributed by atoms with E-state index in [1.54, 1.807) is 18.2 Å². The monoisotopic (exact) mass is 346 g/mol. The third-order valence-electron chi connectivity index (χ3n) is 4.26. The van der Waals surface area contributed by atoms with Gasteiger partial charge in [0.25, 0.3) is 5.91 Å². The maximum atomic E-state index is 14.0. The summed E-state index contributed by atoms with van der Waals surface area (Å²) in [6.45, 7) is 2.74. The first kappa shape index (κ1) is 16.6. The predicted molar refractivity (Wildman–Crippen MR) is 93.4 cm³/mol. The second-order valence-electron chi connectivity index (χ2n) is 5.90. The van der Waals surface area contributed by atoms with Crippen molar-refractivity contribution in [3.8, 4) is 0 Å². The standard InChI is InChI=1S/C18H19FN2O2S/c1-12(22)17-14(19)4-2-5-15(17)21-9-7-13(8-10-21)20-18(23)16-6-3-11-24-16/h2-6,11,13H,7-10H2,1H3,(H,20,23). The number of nitrogens with one attached hydrogen (secondary N) is 1. The van der Waals surface area contributed by atoms with Crippen molar-refractivity contribution in [2.24, 2.45) is 0 Å². The zero-order chi connectivity index (χ0) is 17.1. The topological polar surface area (TPSA) is 49.4 Å². The molecule has 2 aromatic rings. The first-order valence-corrected chi connectivity index (χ1v) is 8.83. The van der Waals surface area contributed by atoms with Crippen molar-refractivity contribution < 1.29 is 14.0 Å². The molecule has 1 aromatic heterocycles. The Bertz CT molecular complexity index is 737. The Labute approximate surface area is 144 Å². The fourth-order valence-electron chi connectivity index (χ4n) is 3.05. The van der Waals surface area contributed by atoms with Crippen LogP contribution in [-0.2, 0) is 0 Å². The van der Waals surface area contributed by atoms with Gasteiger partial charge in [-0.2, -0.15) is 0 Å². The highest BCUT2D eigenvalue weighted by molar-refractivity contribution is 7.12. The zero-order valence-corrected chi connectivity index (χ0v) is 14.2. The van der Waals surface area contributed by atoms with Crippen LogP contribution in [0.15, 0.2) is 35.7 Å². The van der Waals surface area contributed by atoms with Gasteiger partial charge < -0.3 is 10.2 Å². The van der Waals surface area contributed by atoms with E-state index in [9.17, 15) is 14.0 Å². The van der Waals surface area contributed by atoms with E-state index in [1.807, 2.05) is 16.3 Å². The van der Waals surface area contributed by atoms with Crippen LogP contribution in [-0.4, -0.2) is 30.8 Å². The van der Waals surface area contributed by atoms with Gasteiger partial charge in [0.05, 0.1) is 16.1 Å². The van der Waals surface area contributed by atoms with Crippen LogP contribution >= 0.6 is 11.3 Å². The minimum absolute atomic E-state index is 0.0429. The molecular weight excluding hydrogens is 327 g/mol. The average Bonchev–Trinajstić information content (AvgIpc) is 3.09. The number of thiophene rings is 1. The number of Topliss-reactive ketones (excluding diaryl/α,β-unsaturated/α-hetero) is 1. The molecule has 126 valence electrons. The highest BCUT2D eigenvalue weighted by atomic mass is 32.1. The number of halogens is 1. The number of anilines is 1. The van der Waals surface area contributed by atoms with Crippen molar-refractivity contribution in [2.75, 3.05) is 18.0 Å². The molecule has 1 aromatic carbocycles. The Kier molecular flexibility index (Phi) is 4.94. The van der Waals surface area contributed by atoms with E-state index in [-0.39, 0.29) is 23.3 Å². The van der Waals surface area contributed by atoms with Crippen LogP contribution in [0.5, 0.6) is 0 Å². The number of nitrogens with zero attached hydrogens (tertiary/aromatic N) is 1. The molecule has 6 heteroatoms. The lowest BCUT2D eigenvalue weighted by atomic mass is 10.0. The Morgan fingerprint density at radius 3 is 2.58 bits per heavy atom. The predicted octanol–water partition coefficient (Wildman–Crippen LogP) is 3.49. The summed E-state index contributed by atoms with van der Waals surface area (Å²) in [7, 11) is 0. The lowest BCUT2D eigenvalue weighted by Crippen LogP contribution is -2.45. The molecule has 1 amide bonds. The number of amides is 1. The molecule has 0 aliphatic carbocycles. The summed E-state index contributed by atoms with van der Waals surface area (Å²) in [4.78, 5) is 26.6. The van der Waals surface area contributed by atoms with Gasteiger partial charge in [0, 0.05) is 19.1 Å². The maximum absolute atomic E-state index is 14.0. The van der Waals surface area contributed by atoms with Crippen LogP contribution in [0.25, 0.3) is 0 Å². The number of piperidine rings is 1. The first-order valence-electron chi connectivity index (χ1n) is 7.95. The zero-order valence-electron chi connectivity index (χ0n) is 13.4. The van der Waals surface area contributed by atoms with Crippen molar-refractivity contribution >= 4 is 28.7 Å². The Morgan fingerprint density at radius 2 is 1.96 bits per heavy atom. The summed E-state index contributed by atoms with van der Waals surface area (Å²) in [5, 5.41) is 4.93. The molecule has 1 fully saturated rings. The van der Waals surface area contributed by atoms with Gasteiger partial charge >= 0.3 is 0 Å². The quantitative estimate of drug-likeness (QED) is 0.862. The second-order valence-corrected chi connectivity index (χ2v) is 6.85. The SMILES string of the molecule is CC(=O)c1c(F)cccc1N1CCC(NC(=O)c2cccs2)CC1. The Balaban J connectivity index is 1.65. The van der Waals surface area contributed by atoms with Crippen molar-refractivity contribution in [3.63, 3.8) is 0 Å². The Hall–Kier alpha value is -2.21. The van der Waals surface area contributed by atoms with E-state index < -0.39 is 5.82 Å². The van der Waals surface area contributed by atoms with Crippen LogP contribution in [0.4, 0.5) is 10.1 Å². The van der Waals surface area contributed by atoms with Gasteiger partial charge in [0.2, 0.25) is 0 Å². The molecule has 1 aliphatic rings. The summed E-state index contributed by atoms with van der Waals surface area (Å²) in [5.41, 5.74) is 0.795. The van der Waals surface area contributed by atoms with E-state index in [4.69, 9.17) is 0 Å². The molecule has 2 heterocycles. The summed E-state index contributed by atoms with van der Waals surface area (Å²) in [6, 6.07) is 8.49. The highest BCUT2D eigenvalue weighted by Crippen LogP contribution is 2.27. The van der Waals surface area contributed by atoms with E-state index >= 15 is 0 Å². The van der Waals surface area contributed by atoms with Crippen molar-refractivity contribution in [2.45, 2.75) is 25.8 Å². The molecule has 1 aliphatic heterocycles. The smallest absolute Gasteiger partial charge is 0.261 e. The molecule has 1 saturated heterocycles. The van der Waals surface area contributed by atoms with Gasteiger partial charge in [0.1, 0.15) is 5.82 Å². The molecule has 0 bridgehead atoms. The number of benzene rings is 1. The largest absolute Gasteiger partial charge is 0.371 e. The van der Waals surface area contributed by atoms with E-state index in [2.05, 4.69) is 5.32 Å². The molecule has 0 atom stereocenters. The molecule has 0 unspecified atom stereocenters. The fourth-order valence-corrected chi connectivity index (χ4v) is 3.68. The Morgan fingerprint density at radius 1 is 1.21 bits per heavy atom. The van der Waals surface area contributed by atoms with Crippen LogP contribution in [0, 0.1) is 5.82 Å². The third-order valence-corrected chi connectivity index (χ3v) is 5.13. The lowest BCUT2D eigenvalue weighted by Gasteiger charge is -2.34. The van der Waals surface area contributed by atoms with Gasteiger partial charge in [-0.05, 0) is 43.3 Å². The number of carbonyl (C=O) groups excluding carboxylic acids is 2. The van der Waals surface area contributed by atoms with Crippen LogP contribution in [0.1, 0.15) is 39.8 Å². The molecule has 4 nitrogen and oxygen atoms in total. The summed E-state index contributed by atoms with van der Waals surface area (Å²) < 4.78 is 14.0. The van der Waals surface area contributed by atoms with Crippen molar-refractivity contribution in [1.82, 2.24) is 5.32 Å².